The molecule has 0 saturated carbocycles. The molecule has 2 amide bonds. The van der Waals surface area contributed by atoms with Crippen LogP contribution in [0.1, 0.15) is 26.4 Å². The smallest absolute Gasteiger partial charge is 0.359 e. The molecule has 0 bridgehead atoms. The van der Waals surface area contributed by atoms with Crippen LogP contribution in [0.3, 0.4) is 0 Å². The van der Waals surface area contributed by atoms with Crippen molar-refractivity contribution in [3.05, 3.63) is 93.9 Å². The first-order valence-corrected chi connectivity index (χ1v) is 9.74. The van der Waals surface area contributed by atoms with Crippen molar-refractivity contribution >= 4 is 23.5 Å². The van der Waals surface area contributed by atoms with Crippen LogP contribution in [0.15, 0.2) is 71.5 Å². The Bertz CT molecular complexity index is 1170. The number of benzene rings is 2. The van der Waals surface area contributed by atoms with Gasteiger partial charge in [-0.05, 0) is 35.9 Å². The van der Waals surface area contributed by atoms with E-state index in [0.29, 0.717) is 11.3 Å². The van der Waals surface area contributed by atoms with Crippen LogP contribution in [0.2, 0.25) is 0 Å². The van der Waals surface area contributed by atoms with Crippen molar-refractivity contribution in [3.8, 4) is 0 Å². The van der Waals surface area contributed by atoms with Gasteiger partial charge in [0.15, 0.2) is 12.3 Å². The Morgan fingerprint density at radius 3 is 2.31 bits per heavy atom. The molecule has 32 heavy (non-hydrogen) atoms. The first kappa shape index (κ1) is 22.4. The van der Waals surface area contributed by atoms with E-state index in [2.05, 4.69) is 10.4 Å². The van der Waals surface area contributed by atoms with Crippen LogP contribution in [-0.2, 0) is 16.1 Å². The van der Waals surface area contributed by atoms with Crippen molar-refractivity contribution in [2.24, 2.45) is 0 Å². The molecule has 0 atom stereocenters. The first-order chi connectivity index (χ1) is 15.3. The SMILES string of the molecule is CN(C)C(=O)c1ccc(NC(=O)COC(=O)c2ccc(=O)n(Cc3ccccc3)n2)cc1. The van der Waals surface area contributed by atoms with E-state index >= 15 is 0 Å². The number of rotatable bonds is 7. The third-order valence-corrected chi connectivity index (χ3v) is 4.41. The summed E-state index contributed by atoms with van der Waals surface area (Å²) in [7, 11) is 3.30. The molecular formula is C23H22N4O5. The molecule has 9 heteroatoms. The second-order valence-electron chi connectivity index (χ2n) is 7.10. The van der Waals surface area contributed by atoms with E-state index < -0.39 is 18.5 Å². The van der Waals surface area contributed by atoms with Gasteiger partial charge in [-0.15, -0.1) is 0 Å². The van der Waals surface area contributed by atoms with Gasteiger partial charge in [-0.3, -0.25) is 14.4 Å². The molecule has 164 valence electrons. The summed E-state index contributed by atoms with van der Waals surface area (Å²) < 4.78 is 6.17. The lowest BCUT2D eigenvalue weighted by Gasteiger charge is -2.11. The van der Waals surface area contributed by atoms with Gasteiger partial charge in [0, 0.05) is 31.4 Å². The predicted octanol–water partition coefficient (Wildman–Crippen LogP) is 1.79. The lowest BCUT2D eigenvalue weighted by Crippen LogP contribution is -2.26. The number of carbonyl (C=O) groups is 3. The van der Waals surface area contributed by atoms with Crippen LogP contribution in [0, 0.1) is 0 Å². The Morgan fingerprint density at radius 1 is 0.969 bits per heavy atom. The highest BCUT2D eigenvalue weighted by Gasteiger charge is 2.14. The number of hydrogen-bond donors (Lipinski definition) is 1. The van der Waals surface area contributed by atoms with Gasteiger partial charge in [0.1, 0.15) is 0 Å². The van der Waals surface area contributed by atoms with E-state index in [9.17, 15) is 19.2 Å². The number of hydrogen-bond acceptors (Lipinski definition) is 6. The lowest BCUT2D eigenvalue weighted by molar-refractivity contribution is -0.119. The number of anilines is 1. The van der Waals surface area contributed by atoms with Crippen LogP contribution in [0.25, 0.3) is 0 Å². The van der Waals surface area contributed by atoms with Crippen molar-refractivity contribution in [3.63, 3.8) is 0 Å². The molecular weight excluding hydrogens is 412 g/mol. The normalized spacial score (nSPS) is 10.3. The van der Waals surface area contributed by atoms with Crippen LogP contribution in [-0.4, -0.2) is 53.2 Å². The van der Waals surface area contributed by atoms with Gasteiger partial charge in [-0.2, -0.15) is 5.10 Å². The monoisotopic (exact) mass is 434 g/mol. The quantitative estimate of drug-likeness (QED) is 0.568. The van der Waals surface area contributed by atoms with Crippen LogP contribution >= 0.6 is 0 Å². The molecule has 3 aromatic rings. The van der Waals surface area contributed by atoms with Gasteiger partial charge in [-0.1, -0.05) is 30.3 Å². The Morgan fingerprint density at radius 2 is 1.66 bits per heavy atom. The van der Waals surface area contributed by atoms with E-state index in [1.54, 1.807) is 38.4 Å². The van der Waals surface area contributed by atoms with Crippen LogP contribution < -0.4 is 10.9 Å². The molecule has 1 N–H and O–H groups in total. The van der Waals surface area contributed by atoms with Gasteiger partial charge in [0.25, 0.3) is 17.4 Å². The van der Waals surface area contributed by atoms with Gasteiger partial charge < -0.3 is 15.0 Å². The molecule has 1 heterocycles. The maximum absolute atomic E-state index is 12.3. The number of ether oxygens (including phenoxy) is 1. The molecule has 3 rings (SSSR count). The Hall–Kier alpha value is -4.27. The first-order valence-electron chi connectivity index (χ1n) is 9.74. The molecule has 0 fully saturated rings. The lowest BCUT2D eigenvalue weighted by atomic mass is 10.2. The van der Waals surface area contributed by atoms with Crippen molar-refractivity contribution in [2.45, 2.75) is 6.54 Å². The molecule has 0 unspecified atom stereocenters. The fourth-order valence-corrected chi connectivity index (χ4v) is 2.78. The summed E-state index contributed by atoms with van der Waals surface area (Å²) in [6, 6.07) is 18.0. The largest absolute Gasteiger partial charge is 0.451 e. The Kier molecular flexibility index (Phi) is 7.12. The van der Waals surface area contributed by atoms with E-state index in [1.165, 1.54) is 17.0 Å². The van der Waals surface area contributed by atoms with Crippen molar-refractivity contribution in [1.29, 1.82) is 0 Å². The molecule has 2 aromatic carbocycles. The summed E-state index contributed by atoms with van der Waals surface area (Å²) in [4.78, 5) is 49.7. The van der Waals surface area contributed by atoms with Gasteiger partial charge >= 0.3 is 5.97 Å². The molecule has 0 saturated heterocycles. The van der Waals surface area contributed by atoms with Crippen molar-refractivity contribution in [1.82, 2.24) is 14.7 Å². The minimum Gasteiger partial charge on any atom is -0.451 e. The van der Waals surface area contributed by atoms with Crippen molar-refractivity contribution < 1.29 is 19.1 Å². The third kappa shape index (κ3) is 5.88. The minimum absolute atomic E-state index is 0.0834. The maximum Gasteiger partial charge on any atom is 0.359 e. The fourth-order valence-electron chi connectivity index (χ4n) is 2.78. The maximum atomic E-state index is 12.3. The molecule has 0 aliphatic carbocycles. The summed E-state index contributed by atoms with van der Waals surface area (Å²) >= 11 is 0. The molecule has 0 aliphatic heterocycles. The number of amides is 2. The topological polar surface area (TPSA) is 111 Å². The number of aromatic nitrogens is 2. The zero-order valence-corrected chi connectivity index (χ0v) is 17.6. The Labute approximate surface area is 184 Å². The van der Waals surface area contributed by atoms with Gasteiger partial charge in [0.2, 0.25) is 0 Å². The minimum atomic E-state index is -0.825. The fraction of sp³-hybridized carbons (Fsp3) is 0.174. The summed E-state index contributed by atoms with van der Waals surface area (Å²) in [5.74, 6) is -1.53. The molecule has 0 spiro atoms. The second-order valence-corrected chi connectivity index (χ2v) is 7.10. The van der Waals surface area contributed by atoms with Crippen LogP contribution in [0.5, 0.6) is 0 Å². The number of carbonyl (C=O) groups excluding carboxylic acids is 3. The van der Waals surface area contributed by atoms with E-state index in [0.717, 1.165) is 10.2 Å². The second kappa shape index (κ2) is 10.2. The molecule has 0 aliphatic rings. The van der Waals surface area contributed by atoms with Gasteiger partial charge in [0.05, 0.1) is 6.54 Å². The van der Waals surface area contributed by atoms with Crippen LogP contribution in [0.4, 0.5) is 5.69 Å². The van der Waals surface area contributed by atoms with E-state index in [1.807, 2.05) is 30.3 Å². The number of esters is 1. The average molecular weight is 434 g/mol. The highest BCUT2D eigenvalue weighted by Crippen LogP contribution is 2.11. The standard InChI is InChI=1S/C23H22N4O5/c1-26(2)22(30)17-8-10-18(11-9-17)24-20(28)15-32-23(31)19-12-13-21(29)27(25-19)14-16-6-4-3-5-7-16/h3-13H,14-15H2,1-2H3,(H,24,28). The summed E-state index contributed by atoms with van der Waals surface area (Å²) in [5, 5.41) is 6.61. The third-order valence-electron chi connectivity index (χ3n) is 4.41. The van der Waals surface area contributed by atoms with Gasteiger partial charge in [-0.25, -0.2) is 9.48 Å². The highest BCUT2D eigenvalue weighted by atomic mass is 16.5. The zero-order chi connectivity index (χ0) is 23.1. The number of nitrogens with one attached hydrogen (secondary N) is 1. The summed E-state index contributed by atoms with van der Waals surface area (Å²) in [6.45, 7) is -0.329. The molecule has 9 nitrogen and oxygen atoms in total. The Balaban J connectivity index is 1.57. The van der Waals surface area contributed by atoms with Crippen molar-refractivity contribution in [2.75, 3.05) is 26.0 Å². The average Bonchev–Trinajstić information content (AvgIpc) is 2.79. The summed E-state index contributed by atoms with van der Waals surface area (Å²) in [5.41, 5.74) is 1.34. The zero-order valence-electron chi connectivity index (χ0n) is 17.6. The summed E-state index contributed by atoms with van der Waals surface area (Å²) in [6.07, 6.45) is 0. The van der Waals surface area contributed by atoms with E-state index in [4.69, 9.17) is 4.74 Å². The predicted molar refractivity (Wildman–Crippen MR) is 117 cm³/mol. The molecule has 1 aromatic heterocycles. The number of nitrogens with zero attached hydrogens (tertiary/aromatic N) is 3. The van der Waals surface area contributed by atoms with E-state index in [-0.39, 0.29) is 23.7 Å². The highest BCUT2D eigenvalue weighted by molar-refractivity contribution is 5.96. The molecule has 0 radical (unpaired) electrons.